The summed E-state index contributed by atoms with van der Waals surface area (Å²) >= 11 is 0. The number of carbonyl (C=O) groups is 1. The standard InChI is InChI=1S/C14H20N2O2/c1-9-7-12(14(17)18)8-13(15-9)16-10(2)5-4-6-11(16)3/h7-8,10-11H,4-6H2,1-3H3,(H,17,18). The fourth-order valence-corrected chi connectivity index (χ4v) is 2.78. The van der Waals surface area contributed by atoms with Crippen LogP contribution < -0.4 is 4.90 Å². The van der Waals surface area contributed by atoms with Crippen molar-refractivity contribution in [1.29, 1.82) is 0 Å². The second-order valence-corrected chi connectivity index (χ2v) is 5.20. The van der Waals surface area contributed by atoms with Crippen LogP contribution in [0.3, 0.4) is 0 Å². The molecule has 0 aliphatic carbocycles. The molecule has 2 rings (SSSR count). The third-order valence-electron chi connectivity index (χ3n) is 3.64. The molecule has 0 spiro atoms. The highest BCUT2D eigenvalue weighted by atomic mass is 16.4. The molecule has 1 aromatic rings. The van der Waals surface area contributed by atoms with E-state index in [-0.39, 0.29) is 0 Å². The number of rotatable bonds is 2. The van der Waals surface area contributed by atoms with E-state index < -0.39 is 5.97 Å². The van der Waals surface area contributed by atoms with Crippen molar-refractivity contribution < 1.29 is 9.90 Å². The number of aromatic carboxylic acids is 1. The fraction of sp³-hybridized carbons (Fsp3) is 0.571. The van der Waals surface area contributed by atoms with Gasteiger partial charge in [0.2, 0.25) is 0 Å². The van der Waals surface area contributed by atoms with E-state index in [1.165, 1.54) is 6.42 Å². The molecule has 1 N–H and O–H groups in total. The lowest BCUT2D eigenvalue weighted by molar-refractivity contribution is 0.0696. The summed E-state index contributed by atoms with van der Waals surface area (Å²) in [6.07, 6.45) is 3.52. The van der Waals surface area contributed by atoms with Crippen molar-refractivity contribution in [3.05, 3.63) is 23.4 Å². The summed E-state index contributed by atoms with van der Waals surface area (Å²) in [5.74, 6) is -0.0915. The molecule has 0 amide bonds. The van der Waals surface area contributed by atoms with E-state index in [2.05, 4.69) is 23.7 Å². The summed E-state index contributed by atoms with van der Waals surface area (Å²) in [7, 11) is 0. The Balaban J connectivity index is 2.39. The van der Waals surface area contributed by atoms with Gasteiger partial charge in [-0.15, -0.1) is 0 Å². The summed E-state index contributed by atoms with van der Waals surface area (Å²) in [4.78, 5) is 17.9. The maximum absolute atomic E-state index is 11.1. The SMILES string of the molecule is Cc1cc(C(=O)O)cc(N2C(C)CCCC2C)n1. The van der Waals surface area contributed by atoms with Gasteiger partial charge in [-0.05, 0) is 52.2 Å². The molecule has 1 aliphatic rings. The van der Waals surface area contributed by atoms with Gasteiger partial charge in [0.15, 0.2) is 0 Å². The zero-order valence-corrected chi connectivity index (χ0v) is 11.2. The Morgan fingerprint density at radius 1 is 1.33 bits per heavy atom. The molecule has 0 saturated carbocycles. The van der Waals surface area contributed by atoms with Gasteiger partial charge in [0.05, 0.1) is 5.56 Å². The zero-order chi connectivity index (χ0) is 13.3. The number of aromatic nitrogens is 1. The van der Waals surface area contributed by atoms with Gasteiger partial charge >= 0.3 is 5.97 Å². The average molecular weight is 248 g/mol. The second kappa shape index (κ2) is 4.96. The van der Waals surface area contributed by atoms with Crippen molar-refractivity contribution in [1.82, 2.24) is 4.98 Å². The normalized spacial score (nSPS) is 24.1. The summed E-state index contributed by atoms with van der Waals surface area (Å²) in [5.41, 5.74) is 1.08. The van der Waals surface area contributed by atoms with Gasteiger partial charge < -0.3 is 10.0 Å². The van der Waals surface area contributed by atoms with Crippen molar-refractivity contribution in [2.75, 3.05) is 4.90 Å². The highest BCUT2D eigenvalue weighted by Gasteiger charge is 2.26. The van der Waals surface area contributed by atoms with Crippen LogP contribution >= 0.6 is 0 Å². The first kappa shape index (κ1) is 12.9. The Hall–Kier alpha value is -1.58. The molecule has 1 saturated heterocycles. The van der Waals surface area contributed by atoms with Crippen LogP contribution in [0.5, 0.6) is 0 Å². The number of hydrogen-bond donors (Lipinski definition) is 1. The van der Waals surface area contributed by atoms with E-state index in [4.69, 9.17) is 5.11 Å². The van der Waals surface area contributed by atoms with Crippen LogP contribution in [0.4, 0.5) is 5.82 Å². The number of anilines is 1. The van der Waals surface area contributed by atoms with E-state index in [1.54, 1.807) is 12.1 Å². The Kier molecular flexibility index (Phi) is 3.55. The highest BCUT2D eigenvalue weighted by molar-refractivity contribution is 5.88. The van der Waals surface area contributed by atoms with Crippen molar-refractivity contribution >= 4 is 11.8 Å². The van der Waals surface area contributed by atoms with Crippen molar-refractivity contribution in [2.24, 2.45) is 0 Å². The van der Waals surface area contributed by atoms with Gasteiger partial charge in [-0.1, -0.05) is 0 Å². The lowest BCUT2D eigenvalue weighted by atomic mass is 9.97. The largest absolute Gasteiger partial charge is 0.478 e. The van der Waals surface area contributed by atoms with Crippen LogP contribution in [-0.2, 0) is 0 Å². The summed E-state index contributed by atoms with van der Waals surface area (Å²) in [5, 5.41) is 9.12. The minimum atomic E-state index is -0.890. The van der Waals surface area contributed by atoms with Gasteiger partial charge in [0, 0.05) is 17.8 Å². The lowest BCUT2D eigenvalue weighted by Gasteiger charge is -2.40. The Morgan fingerprint density at radius 3 is 2.50 bits per heavy atom. The number of nitrogens with zero attached hydrogens (tertiary/aromatic N) is 2. The summed E-state index contributed by atoms with van der Waals surface area (Å²) in [6.45, 7) is 6.20. The first-order chi connectivity index (χ1) is 8.49. The predicted octanol–water partition coefficient (Wildman–Crippen LogP) is 2.86. The van der Waals surface area contributed by atoms with Crippen LogP contribution in [0.1, 0.15) is 49.2 Å². The maximum Gasteiger partial charge on any atom is 0.335 e. The molecule has 0 aromatic carbocycles. The van der Waals surface area contributed by atoms with Crippen LogP contribution in [0, 0.1) is 6.92 Å². The van der Waals surface area contributed by atoms with Gasteiger partial charge in [-0.25, -0.2) is 9.78 Å². The summed E-state index contributed by atoms with van der Waals surface area (Å²) in [6, 6.07) is 4.15. The molecule has 4 nitrogen and oxygen atoms in total. The number of hydrogen-bond acceptors (Lipinski definition) is 3. The predicted molar refractivity (Wildman–Crippen MR) is 71.2 cm³/mol. The first-order valence-corrected chi connectivity index (χ1v) is 6.49. The van der Waals surface area contributed by atoms with Gasteiger partial charge in [0.25, 0.3) is 0 Å². The molecule has 18 heavy (non-hydrogen) atoms. The molecule has 2 unspecified atom stereocenters. The van der Waals surface area contributed by atoms with E-state index in [9.17, 15) is 4.79 Å². The molecule has 1 aromatic heterocycles. The van der Waals surface area contributed by atoms with Crippen LogP contribution in [0.25, 0.3) is 0 Å². The molecule has 2 atom stereocenters. The minimum Gasteiger partial charge on any atom is -0.478 e. The first-order valence-electron chi connectivity index (χ1n) is 6.49. The minimum absolute atomic E-state index is 0.322. The molecule has 1 aliphatic heterocycles. The van der Waals surface area contributed by atoms with Gasteiger partial charge in [0.1, 0.15) is 5.82 Å². The number of pyridine rings is 1. The summed E-state index contributed by atoms with van der Waals surface area (Å²) < 4.78 is 0. The van der Waals surface area contributed by atoms with E-state index in [1.807, 2.05) is 6.92 Å². The third kappa shape index (κ3) is 2.47. The molecule has 98 valence electrons. The van der Waals surface area contributed by atoms with E-state index >= 15 is 0 Å². The molecule has 0 radical (unpaired) electrons. The smallest absolute Gasteiger partial charge is 0.335 e. The second-order valence-electron chi connectivity index (χ2n) is 5.20. The van der Waals surface area contributed by atoms with E-state index in [0.717, 1.165) is 24.4 Å². The van der Waals surface area contributed by atoms with Crippen molar-refractivity contribution in [3.63, 3.8) is 0 Å². The van der Waals surface area contributed by atoms with Gasteiger partial charge in [-0.2, -0.15) is 0 Å². The number of carboxylic acid groups (broad SMARTS) is 1. The van der Waals surface area contributed by atoms with Crippen LogP contribution in [0.2, 0.25) is 0 Å². The highest BCUT2D eigenvalue weighted by Crippen LogP contribution is 2.28. The van der Waals surface area contributed by atoms with Gasteiger partial charge in [-0.3, -0.25) is 0 Å². The fourth-order valence-electron chi connectivity index (χ4n) is 2.78. The molecule has 0 bridgehead atoms. The molecular formula is C14H20N2O2. The van der Waals surface area contributed by atoms with Crippen molar-refractivity contribution in [3.8, 4) is 0 Å². The Bertz CT molecular complexity index is 449. The Labute approximate surface area is 108 Å². The maximum atomic E-state index is 11.1. The zero-order valence-electron chi connectivity index (χ0n) is 11.2. The average Bonchev–Trinajstić information content (AvgIpc) is 2.28. The third-order valence-corrected chi connectivity index (χ3v) is 3.64. The molecular weight excluding hydrogens is 228 g/mol. The van der Waals surface area contributed by atoms with Crippen LogP contribution in [0.15, 0.2) is 12.1 Å². The number of carboxylic acids is 1. The molecule has 2 heterocycles. The van der Waals surface area contributed by atoms with E-state index in [0.29, 0.717) is 17.6 Å². The monoisotopic (exact) mass is 248 g/mol. The topological polar surface area (TPSA) is 53.4 Å². The quantitative estimate of drug-likeness (QED) is 0.874. The number of aryl methyl sites for hydroxylation is 1. The van der Waals surface area contributed by atoms with Crippen LogP contribution in [-0.4, -0.2) is 28.1 Å². The lowest BCUT2D eigenvalue weighted by Crippen LogP contribution is -2.44. The molecule has 1 fully saturated rings. The Morgan fingerprint density at radius 2 is 1.94 bits per heavy atom. The molecule has 4 heteroatoms. The number of piperidine rings is 1. The van der Waals surface area contributed by atoms with Crippen molar-refractivity contribution in [2.45, 2.75) is 52.1 Å².